The minimum absolute atomic E-state index is 0.106. The highest BCUT2D eigenvalue weighted by Crippen LogP contribution is 2.39. The predicted octanol–water partition coefficient (Wildman–Crippen LogP) is 5.49. The molecule has 5 heteroatoms. The number of alkyl halides is 1. The van der Waals surface area contributed by atoms with Crippen molar-refractivity contribution in [3.8, 4) is 0 Å². The van der Waals surface area contributed by atoms with Gasteiger partial charge >= 0.3 is 0 Å². The van der Waals surface area contributed by atoms with Crippen LogP contribution in [0.2, 0.25) is 0 Å². The molecule has 1 fully saturated rings. The molecule has 1 aliphatic rings. The van der Waals surface area contributed by atoms with Gasteiger partial charge in [-0.15, -0.1) is 11.6 Å². The molecule has 3 nitrogen and oxygen atoms in total. The average Bonchev–Trinajstić information content (AvgIpc) is 2.76. The van der Waals surface area contributed by atoms with Crippen molar-refractivity contribution in [2.75, 3.05) is 0 Å². The van der Waals surface area contributed by atoms with Crippen molar-refractivity contribution in [2.45, 2.75) is 51.5 Å². The summed E-state index contributed by atoms with van der Waals surface area (Å²) < 4.78 is 3.25. The molecule has 0 spiro atoms. The molecule has 114 valence electrons. The fourth-order valence-corrected chi connectivity index (χ4v) is 4.20. The Labute approximate surface area is 139 Å². The van der Waals surface area contributed by atoms with Crippen LogP contribution in [-0.4, -0.2) is 14.5 Å². The van der Waals surface area contributed by atoms with E-state index in [1.54, 1.807) is 0 Å². The van der Waals surface area contributed by atoms with E-state index in [-0.39, 0.29) is 5.38 Å². The van der Waals surface area contributed by atoms with E-state index >= 15 is 0 Å². The Morgan fingerprint density at radius 2 is 1.95 bits per heavy atom. The van der Waals surface area contributed by atoms with Crippen molar-refractivity contribution in [3.63, 3.8) is 0 Å². The number of pyridine rings is 1. The molecule has 2 heterocycles. The Morgan fingerprint density at radius 1 is 1.29 bits per heavy atom. The largest absolute Gasteiger partial charge is 0.308 e. The van der Waals surface area contributed by atoms with E-state index in [1.165, 1.54) is 19.3 Å². The number of hydrogen-bond acceptors (Lipinski definition) is 2. The summed E-state index contributed by atoms with van der Waals surface area (Å²) in [6.45, 7) is 6.68. The lowest BCUT2D eigenvalue weighted by Crippen LogP contribution is -2.24. The van der Waals surface area contributed by atoms with Gasteiger partial charge in [0.05, 0.1) is 5.38 Å². The second kappa shape index (κ2) is 5.88. The topological polar surface area (TPSA) is 30.7 Å². The zero-order valence-corrected chi connectivity index (χ0v) is 15.0. The van der Waals surface area contributed by atoms with Gasteiger partial charge in [0.2, 0.25) is 0 Å². The number of nitrogens with zero attached hydrogens (tertiary/aromatic N) is 3. The fourth-order valence-electron chi connectivity index (χ4n) is 3.73. The molecule has 3 unspecified atom stereocenters. The van der Waals surface area contributed by atoms with E-state index in [2.05, 4.69) is 39.3 Å². The van der Waals surface area contributed by atoms with E-state index in [0.717, 1.165) is 33.3 Å². The van der Waals surface area contributed by atoms with E-state index in [9.17, 15) is 0 Å². The van der Waals surface area contributed by atoms with Crippen LogP contribution in [0.25, 0.3) is 11.2 Å². The summed E-state index contributed by atoms with van der Waals surface area (Å²) in [7, 11) is 0. The number of halogens is 2. The monoisotopic (exact) mass is 369 g/mol. The summed E-state index contributed by atoms with van der Waals surface area (Å²) in [5.74, 6) is 2.43. The summed E-state index contributed by atoms with van der Waals surface area (Å²) in [4.78, 5) is 9.34. The molecule has 0 aliphatic heterocycles. The number of aromatic nitrogens is 3. The summed E-state index contributed by atoms with van der Waals surface area (Å²) in [5.41, 5.74) is 1.89. The van der Waals surface area contributed by atoms with Gasteiger partial charge in [-0.3, -0.25) is 0 Å². The number of fused-ring (bicyclic) bond motifs is 1. The van der Waals surface area contributed by atoms with Gasteiger partial charge in [-0.25, -0.2) is 9.97 Å². The zero-order valence-electron chi connectivity index (χ0n) is 12.7. The maximum Gasteiger partial charge on any atom is 0.160 e. The first kappa shape index (κ1) is 15.3. The summed E-state index contributed by atoms with van der Waals surface area (Å²) in [6.07, 6.45) is 5.53. The number of hydrogen-bond donors (Lipinski definition) is 0. The highest BCUT2D eigenvalue weighted by Gasteiger charge is 2.29. The standard InChI is InChI=1S/C16H21BrClN3/c1-9-4-10(2)6-13(5-9)21-15(11(3)18)20-14-7-12(17)8-19-16(14)21/h7-11,13H,4-6H2,1-3H3. The molecule has 0 saturated heterocycles. The van der Waals surface area contributed by atoms with Crippen LogP contribution in [0.1, 0.15) is 57.3 Å². The Hall–Kier alpha value is -0.610. The lowest BCUT2D eigenvalue weighted by atomic mass is 9.80. The van der Waals surface area contributed by atoms with Gasteiger partial charge in [0, 0.05) is 16.7 Å². The normalized spacial score (nSPS) is 28.0. The van der Waals surface area contributed by atoms with Gasteiger partial charge in [0.25, 0.3) is 0 Å². The van der Waals surface area contributed by atoms with Crippen LogP contribution < -0.4 is 0 Å². The third-order valence-corrected chi connectivity index (χ3v) is 5.03. The number of rotatable bonds is 2. The predicted molar refractivity (Wildman–Crippen MR) is 90.7 cm³/mol. The Kier molecular flexibility index (Phi) is 4.28. The van der Waals surface area contributed by atoms with Gasteiger partial charge in [0.1, 0.15) is 11.3 Å². The van der Waals surface area contributed by atoms with E-state index in [1.807, 2.05) is 19.2 Å². The molecule has 21 heavy (non-hydrogen) atoms. The molecule has 0 aromatic carbocycles. The molecule has 0 bridgehead atoms. The second-order valence-electron chi connectivity index (χ2n) is 6.52. The molecule has 1 aliphatic carbocycles. The van der Waals surface area contributed by atoms with Crippen molar-refractivity contribution in [1.29, 1.82) is 0 Å². The maximum atomic E-state index is 6.39. The van der Waals surface area contributed by atoms with Crippen molar-refractivity contribution in [2.24, 2.45) is 11.8 Å². The second-order valence-corrected chi connectivity index (χ2v) is 8.09. The molecule has 0 N–H and O–H groups in total. The molecule has 0 amide bonds. The van der Waals surface area contributed by atoms with E-state index in [4.69, 9.17) is 16.6 Å². The summed E-state index contributed by atoms with van der Waals surface area (Å²) >= 11 is 9.86. The fraction of sp³-hybridized carbons (Fsp3) is 0.625. The highest BCUT2D eigenvalue weighted by atomic mass is 79.9. The van der Waals surface area contributed by atoms with Gasteiger partial charge < -0.3 is 4.57 Å². The van der Waals surface area contributed by atoms with Gasteiger partial charge in [-0.2, -0.15) is 0 Å². The zero-order chi connectivity index (χ0) is 15.1. The van der Waals surface area contributed by atoms with Gasteiger partial charge in [0.15, 0.2) is 5.65 Å². The molecule has 2 aromatic rings. The first-order valence-electron chi connectivity index (χ1n) is 7.63. The minimum Gasteiger partial charge on any atom is -0.308 e. The van der Waals surface area contributed by atoms with Crippen LogP contribution >= 0.6 is 27.5 Å². The van der Waals surface area contributed by atoms with Crippen LogP contribution in [-0.2, 0) is 0 Å². The van der Waals surface area contributed by atoms with E-state index < -0.39 is 0 Å². The first-order valence-corrected chi connectivity index (χ1v) is 8.86. The lowest BCUT2D eigenvalue weighted by molar-refractivity contribution is 0.221. The molecule has 3 rings (SSSR count). The van der Waals surface area contributed by atoms with Crippen molar-refractivity contribution in [1.82, 2.24) is 14.5 Å². The van der Waals surface area contributed by atoms with Crippen LogP contribution in [0, 0.1) is 11.8 Å². The van der Waals surface area contributed by atoms with Crippen molar-refractivity contribution in [3.05, 3.63) is 22.6 Å². The molecule has 0 radical (unpaired) electrons. The maximum absolute atomic E-state index is 6.39. The summed E-state index contributed by atoms with van der Waals surface area (Å²) in [5, 5.41) is -0.106. The van der Waals surface area contributed by atoms with Crippen molar-refractivity contribution < 1.29 is 0 Å². The van der Waals surface area contributed by atoms with Crippen LogP contribution in [0.15, 0.2) is 16.7 Å². The third kappa shape index (κ3) is 2.98. The molecular formula is C16H21BrClN3. The quantitative estimate of drug-likeness (QED) is 0.654. The SMILES string of the molecule is CC1CC(C)CC(n2c(C(C)Cl)nc3cc(Br)cnc32)C1. The first-order chi connectivity index (χ1) is 9.95. The smallest absolute Gasteiger partial charge is 0.160 e. The summed E-state index contributed by atoms with van der Waals surface area (Å²) in [6, 6.07) is 2.48. The lowest BCUT2D eigenvalue weighted by Gasteiger charge is -2.33. The van der Waals surface area contributed by atoms with Crippen LogP contribution in [0.5, 0.6) is 0 Å². The Balaban J connectivity index is 2.13. The molecule has 1 saturated carbocycles. The van der Waals surface area contributed by atoms with Gasteiger partial charge in [-0.1, -0.05) is 13.8 Å². The molecule has 3 atom stereocenters. The highest BCUT2D eigenvalue weighted by molar-refractivity contribution is 9.10. The molecule has 2 aromatic heterocycles. The van der Waals surface area contributed by atoms with Crippen LogP contribution in [0.4, 0.5) is 0 Å². The Morgan fingerprint density at radius 3 is 2.57 bits per heavy atom. The van der Waals surface area contributed by atoms with Crippen LogP contribution in [0.3, 0.4) is 0 Å². The third-order valence-electron chi connectivity index (χ3n) is 4.40. The van der Waals surface area contributed by atoms with Crippen molar-refractivity contribution >= 4 is 38.7 Å². The van der Waals surface area contributed by atoms with Gasteiger partial charge in [-0.05, 0) is 60.0 Å². The minimum atomic E-state index is -0.106. The average molecular weight is 371 g/mol. The molecular weight excluding hydrogens is 350 g/mol. The van der Waals surface area contributed by atoms with E-state index in [0.29, 0.717) is 6.04 Å². The Bertz CT molecular complexity index is 642. The number of imidazole rings is 1.